The molecular weight excluding hydrogens is 250 g/mol. The molecule has 0 aliphatic rings. The smallest absolute Gasteiger partial charge is 0.243 e. The van der Waals surface area contributed by atoms with E-state index in [9.17, 15) is 0 Å². The molecule has 0 atom stereocenters. The highest BCUT2D eigenvalue weighted by atomic mass is 15.2. The lowest BCUT2D eigenvalue weighted by atomic mass is 10.1. The number of benzene rings is 2. The van der Waals surface area contributed by atoms with Crippen molar-refractivity contribution in [1.29, 1.82) is 0 Å². The van der Waals surface area contributed by atoms with Crippen LogP contribution in [-0.4, -0.2) is 15.2 Å². The van der Waals surface area contributed by atoms with E-state index in [0.717, 1.165) is 22.2 Å². The van der Waals surface area contributed by atoms with Crippen LogP contribution in [0.5, 0.6) is 0 Å². The third-order valence-corrected chi connectivity index (χ3v) is 3.04. The predicted molar refractivity (Wildman–Crippen MR) is 79.0 cm³/mol. The monoisotopic (exact) mass is 265 g/mol. The zero-order chi connectivity index (χ0) is 13.8. The Labute approximate surface area is 116 Å². The summed E-state index contributed by atoms with van der Waals surface area (Å²) in [5.74, 6) is 0.529. The van der Waals surface area contributed by atoms with Gasteiger partial charge in [-0.1, -0.05) is 36.4 Å². The van der Waals surface area contributed by atoms with Gasteiger partial charge in [-0.3, -0.25) is 0 Å². The van der Waals surface area contributed by atoms with Gasteiger partial charge in [0, 0.05) is 13.1 Å². The number of aromatic nitrogens is 3. The van der Waals surface area contributed by atoms with Crippen LogP contribution in [0.3, 0.4) is 0 Å². The van der Waals surface area contributed by atoms with Crippen LogP contribution in [-0.2, 0) is 13.1 Å². The lowest BCUT2D eigenvalue weighted by molar-refractivity contribution is 0.979. The molecule has 2 aromatic carbocycles. The minimum atomic E-state index is 0.529. The molecule has 5 heteroatoms. The Morgan fingerprint density at radius 1 is 0.900 bits per heavy atom. The van der Waals surface area contributed by atoms with Crippen LogP contribution in [0.1, 0.15) is 11.1 Å². The molecule has 20 heavy (non-hydrogen) atoms. The lowest BCUT2D eigenvalue weighted by Crippen LogP contribution is -2.05. The summed E-state index contributed by atoms with van der Waals surface area (Å²) in [5.41, 5.74) is 9.52. The van der Waals surface area contributed by atoms with Crippen LogP contribution in [0.15, 0.2) is 48.5 Å². The molecular formula is C15H15N5. The highest BCUT2D eigenvalue weighted by molar-refractivity contribution is 5.74. The largest absolute Gasteiger partial charge is 0.349 e. The number of anilines is 1. The normalized spacial score (nSPS) is 10.7. The number of para-hydroxylation sites is 1. The van der Waals surface area contributed by atoms with Gasteiger partial charge in [0.15, 0.2) is 0 Å². The third-order valence-electron chi connectivity index (χ3n) is 3.04. The number of nitrogens with two attached hydrogens (primary N) is 1. The van der Waals surface area contributed by atoms with E-state index in [2.05, 4.69) is 26.6 Å². The molecule has 0 radical (unpaired) electrons. The number of hydrogen-bond donors (Lipinski definition) is 2. The molecule has 0 spiro atoms. The van der Waals surface area contributed by atoms with Gasteiger partial charge in [-0.2, -0.15) is 0 Å². The van der Waals surface area contributed by atoms with Crippen LogP contribution in [0.4, 0.5) is 5.95 Å². The molecule has 3 rings (SSSR count). The highest BCUT2D eigenvalue weighted by Crippen LogP contribution is 2.10. The molecule has 3 N–H and O–H groups in total. The topological polar surface area (TPSA) is 76.7 Å². The number of nitrogens with zero attached hydrogens (tertiary/aromatic N) is 3. The van der Waals surface area contributed by atoms with Crippen LogP contribution < -0.4 is 11.1 Å². The Balaban J connectivity index is 1.76. The number of rotatable bonds is 4. The van der Waals surface area contributed by atoms with E-state index in [1.807, 2.05) is 42.5 Å². The van der Waals surface area contributed by atoms with Crippen LogP contribution >= 0.6 is 0 Å². The van der Waals surface area contributed by atoms with E-state index in [4.69, 9.17) is 5.73 Å². The van der Waals surface area contributed by atoms with Crippen molar-refractivity contribution in [3.05, 3.63) is 59.7 Å². The minimum Gasteiger partial charge on any atom is -0.349 e. The van der Waals surface area contributed by atoms with Crippen molar-refractivity contribution >= 4 is 17.0 Å². The van der Waals surface area contributed by atoms with Crippen LogP contribution in [0.25, 0.3) is 11.0 Å². The lowest BCUT2D eigenvalue weighted by Gasteiger charge is -2.06. The van der Waals surface area contributed by atoms with Crippen molar-refractivity contribution in [2.45, 2.75) is 13.1 Å². The molecule has 3 aromatic rings. The Kier molecular flexibility index (Phi) is 3.52. The van der Waals surface area contributed by atoms with E-state index >= 15 is 0 Å². The van der Waals surface area contributed by atoms with Crippen molar-refractivity contribution in [3.8, 4) is 0 Å². The molecule has 0 aliphatic carbocycles. The first-order valence-corrected chi connectivity index (χ1v) is 6.46. The zero-order valence-electron chi connectivity index (χ0n) is 11.0. The van der Waals surface area contributed by atoms with E-state index in [1.54, 1.807) is 0 Å². The summed E-state index contributed by atoms with van der Waals surface area (Å²) < 4.78 is 0. The van der Waals surface area contributed by atoms with Gasteiger partial charge in [0.1, 0.15) is 5.52 Å². The fraction of sp³-hybridized carbons (Fsp3) is 0.133. The van der Waals surface area contributed by atoms with Crippen molar-refractivity contribution in [2.24, 2.45) is 5.73 Å². The summed E-state index contributed by atoms with van der Waals surface area (Å²) >= 11 is 0. The van der Waals surface area contributed by atoms with Crippen molar-refractivity contribution in [3.63, 3.8) is 0 Å². The second kappa shape index (κ2) is 5.63. The molecule has 0 saturated carbocycles. The number of nitrogens with one attached hydrogen (secondary N) is 1. The van der Waals surface area contributed by atoms with Gasteiger partial charge in [-0.15, -0.1) is 10.2 Å². The van der Waals surface area contributed by atoms with Gasteiger partial charge in [-0.05, 0) is 23.3 Å². The minimum absolute atomic E-state index is 0.529. The van der Waals surface area contributed by atoms with Gasteiger partial charge in [0.2, 0.25) is 5.95 Å². The van der Waals surface area contributed by atoms with E-state index in [-0.39, 0.29) is 0 Å². The maximum absolute atomic E-state index is 5.63. The molecule has 0 saturated heterocycles. The predicted octanol–water partition coefficient (Wildman–Crippen LogP) is 2.10. The van der Waals surface area contributed by atoms with Gasteiger partial charge in [-0.25, -0.2) is 4.98 Å². The molecule has 1 aromatic heterocycles. The Morgan fingerprint density at radius 3 is 2.55 bits per heavy atom. The quantitative estimate of drug-likeness (QED) is 0.755. The van der Waals surface area contributed by atoms with Crippen molar-refractivity contribution < 1.29 is 0 Å². The molecule has 0 fully saturated rings. The number of hydrogen-bond acceptors (Lipinski definition) is 5. The van der Waals surface area contributed by atoms with Gasteiger partial charge >= 0.3 is 0 Å². The van der Waals surface area contributed by atoms with Gasteiger partial charge in [0.25, 0.3) is 0 Å². The van der Waals surface area contributed by atoms with E-state index in [0.29, 0.717) is 19.0 Å². The maximum Gasteiger partial charge on any atom is 0.243 e. The number of fused-ring (bicyclic) bond motifs is 1. The molecule has 0 aliphatic heterocycles. The zero-order valence-corrected chi connectivity index (χ0v) is 11.0. The second-order valence-corrected chi connectivity index (χ2v) is 4.50. The molecule has 1 heterocycles. The molecule has 0 amide bonds. The maximum atomic E-state index is 5.63. The van der Waals surface area contributed by atoms with E-state index in [1.165, 1.54) is 0 Å². The van der Waals surface area contributed by atoms with E-state index < -0.39 is 0 Å². The SMILES string of the molecule is NCc1cccc(CNc2nnc3ccccc3n2)c1. The fourth-order valence-corrected chi connectivity index (χ4v) is 2.00. The first kappa shape index (κ1) is 12.5. The second-order valence-electron chi connectivity index (χ2n) is 4.50. The fourth-order valence-electron chi connectivity index (χ4n) is 2.00. The first-order valence-electron chi connectivity index (χ1n) is 6.46. The summed E-state index contributed by atoms with van der Waals surface area (Å²) in [5, 5.41) is 11.4. The first-order chi connectivity index (χ1) is 9.85. The molecule has 5 nitrogen and oxygen atoms in total. The summed E-state index contributed by atoms with van der Waals surface area (Å²) in [6, 6.07) is 15.8. The van der Waals surface area contributed by atoms with Crippen molar-refractivity contribution in [2.75, 3.05) is 5.32 Å². The average molecular weight is 265 g/mol. The Hall–Kier alpha value is -2.53. The summed E-state index contributed by atoms with van der Waals surface area (Å²) in [4.78, 5) is 4.42. The highest BCUT2D eigenvalue weighted by Gasteiger charge is 2.01. The molecule has 100 valence electrons. The van der Waals surface area contributed by atoms with Crippen molar-refractivity contribution in [1.82, 2.24) is 15.2 Å². The molecule has 0 bridgehead atoms. The van der Waals surface area contributed by atoms with Gasteiger partial charge in [0.05, 0.1) is 5.52 Å². The molecule has 0 unspecified atom stereocenters. The Bertz CT molecular complexity index is 726. The average Bonchev–Trinajstić information content (AvgIpc) is 2.53. The summed E-state index contributed by atoms with van der Waals surface area (Å²) in [7, 11) is 0. The Morgan fingerprint density at radius 2 is 1.70 bits per heavy atom. The van der Waals surface area contributed by atoms with Crippen LogP contribution in [0, 0.1) is 0 Å². The van der Waals surface area contributed by atoms with Crippen LogP contribution in [0.2, 0.25) is 0 Å². The standard InChI is InChI=1S/C15H15N5/c16-9-11-4-3-5-12(8-11)10-17-15-18-13-6-1-2-7-14(13)19-20-15/h1-8H,9-10,16H2,(H,17,18,20). The summed E-state index contributed by atoms with van der Waals surface area (Å²) in [6.07, 6.45) is 0. The summed E-state index contributed by atoms with van der Waals surface area (Å²) in [6.45, 7) is 1.19. The van der Waals surface area contributed by atoms with Gasteiger partial charge < -0.3 is 11.1 Å². The third kappa shape index (κ3) is 2.73.